The molecule has 0 amide bonds. The van der Waals surface area contributed by atoms with Crippen molar-refractivity contribution < 1.29 is 40.9 Å². The number of benzene rings is 8. The molecule has 0 aliphatic rings. The van der Waals surface area contributed by atoms with Crippen molar-refractivity contribution >= 4 is 29.4 Å². The van der Waals surface area contributed by atoms with E-state index >= 15 is 0 Å². The van der Waals surface area contributed by atoms with Crippen LogP contribution in [0, 0.1) is 0 Å². The first-order valence-electron chi connectivity index (χ1n) is 23.8. The zero-order chi connectivity index (χ0) is 49.5. The van der Waals surface area contributed by atoms with Crippen molar-refractivity contribution in [3.63, 3.8) is 0 Å². The summed E-state index contributed by atoms with van der Waals surface area (Å²) in [7, 11) is -12.5. The molecule has 0 aliphatic heterocycles. The summed E-state index contributed by atoms with van der Waals surface area (Å²) < 4.78 is 0. The molecule has 0 aromatic heterocycles. The van der Waals surface area contributed by atoms with E-state index in [1.165, 1.54) is 0 Å². The second kappa shape index (κ2) is 20.9. The number of hydrogen-bond acceptors (Lipinski definition) is 8. The summed E-state index contributed by atoms with van der Waals surface area (Å²) in [5.74, 6) is 1.45. The standard InChI is InChI=1S/C58H62O8Si4/c1-67(2,35-43-3-19-51(59)20-4-43)69(39-47-11-27-55(63)28-12-47,40-48-13-29-56(64)30-14-48)70(41-49-15-31-57(65)32-16-49,42-50-17-33-58(66)34-18-50)68(36-44-5-21-52(60)22-6-44,37-45-7-23-53(61)24-8-45)38-46-9-25-54(62)26-10-46/h3-34,59-66H,35-42H2,1-2H3. The maximum atomic E-state index is 10.9. The lowest BCUT2D eigenvalue weighted by Gasteiger charge is -2.64. The lowest BCUT2D eigenvalue weighted by Crippen LogP contribution is -2.91. The van der Waals surface area contributed by atoms with Gasteiger partial charge in [-0.25, -0.2) is 0 Å². The molecule has 0 unspecified atom stereocenters. The molecular weight excluding hydrogens is 937 g/mol. The van der Waals surface area contributed by atoms with Gasteiger partial charge in [-0.15, -0.1) is 0 Å². The van der Waals surface area contributed by atoms with Crippen LogP contribution in [0.1, 0.15) is 44.5 Å². The van der Waals surface area contributed by atoms with E-state index in [0.29, 0.717) is 0 Å². The monoisotopic (exact) mass is 998 g/mol. The first kappa shape index (κ1) is 49.4. The van der Waals surface area contributed by atoms with Crippen LogP contribution in [0.25, 0.3) is 0 Å². The number of phenolic OH excluding ortho intramolecular Hbond substituents is 8. The van der Waals surface area contributed by atoms with Gasteiger partial charge in [-0.2, -0.15) is 0 Å². The normalized spacial score (nSPS) is 12.2. The van der Waals surface area contributed by atoms with Crippen molar-refractivity contribution in [3.8, 4) is 46.0 Å². The highest BCUT2D eigenvalue weighted by Gasteiger charge is 2.69. The molecule has 0 heterocycles. The fraction of sp³-hybridized carbons (Fsp3) is 0.172. The number of aromatic hydroxyl groups is 8. The first-order chi connectivity index (χ1) is 33.5. The van der Waals surface area contributed by atoms with E-state index in [0.717, 1.165) is 92.9 Å². The van der Waals surface area contributed by atoms with E-state index in [2.05, 4.69) is 110 Å². The van der Waals surface area contributed by atoms with Crippen LogP contribution in [-0.2, 0) is 48.4 Å². The largest absolute Gasteiger partial charge is 0.508 e. The fourth-order valence-electron chi connectivity index (χ4n) is 11.7. The summed E-state index contributed by atoms with van der Waals surface area (Å²) >= 11 is 0. The molecule has 8 aromatic rings. The van der Waals surface area contributed by atoms with Crippen molar-refractivity contribution in [1.29, 1.82) is 0 Å². The Hall–Kier alpha value is -6.97. The predicted molar refractivity (Wildman–Crippen MR) is 289 cm³/mol. The average Bonchev–Trinajstić information content (AvgIpc) is 3.34. The Labute approximate surface area is 414 Å². The topological polar surface area (TPSA) is 162 Å². The Balaban J connectivity index is 1.61. The summed E-state index contributed by atoms with van der Waals surface area (Å²) in [6.07, 6.45) is 0. The minimum atomic E-state index is -3.34. The molecule has 0 saturated heterocycles. The average molecular weight is 999 g/mol. The Morgan fingerprint density at radius 3 is 0.571 bits per heavy atom. The van der Waals surface area contributed by atoms with Gasteiger partial charge in [0.25, 0.3) is 0 Å². The Kier molecular flexibility index (Phi) is 14.8. The summed E-state index contributed by atoms with van der Waals surface area (Å²) in [5.41, 5.74) is 8.94. The van der Waals surface area contributed by atoms with Crippen LogP contribution in [0.4, 0.5) is 0 Å². The summed E-state index contributed by atoms with van der Waals surface area (Å²) in [6.45, 7) is 5.17. The fourth-order valence-corrected chi connectivity index (χ4v) is 98.0. The molecule has 0 saturated carbocycles. The van der Waals surface area contributed by atoms with E-state index in [1.807, 2.05) is 0 Å². The summed E-state index contributed by atoms with van der Waals surface area (Å²) in [4.78, 5) is 0. The predicted octanol–water partition coefficient (Wildman–Crippen LogP) is 11.2. The van der Waals surface area contributed by atoms with Crippen LogP contribution in [-0.4, -0.2) is 70.3 Å². The summed E-state index contributed by atoms with van der Waals surface area (Å²) in [5, 5.41) is 86.7. The lowest BCUT2D eigenvalue weighted by molar-refractivity contribution is 0.474. The molecule has 0 atom stereocenters. The second-order valence-corrected chi connectivity index (χ2v) is 55.3. The van der Waals surface area contributed by atoms with Gasteiger partial charge in [-0.3, -0.25) is 0 Å². The maximum Gasteiger partial charge on any atom is 0.115 e. The van der Waals surface area contributed by atoms with Gasteiger partial charge in [0.2, 0.25) is 0 Å². The lowest BCUT2D eigenvalue weighted by atomic mass is 10.2. The van der Waals surface area contributed by atoms with Gasteiger partial charge < -0.3 is 40.9 Å². The van der Waals surface area contributed by atoms with Crippen molar-refractivity contribution in [2.24, 2.45) is 0 Å². The quantitative estimate of drug-likeness (QED) is 0.0372. The molecule has 0 fully saturated rings. The van der Waals surface area contributed by atoms with Gasteiger partial charge >= 0.3 is 0 Å². The van der Waals surface area contributed by atoms with Crippen LogP contribution >= 0.6 is 0 Å². The van der Waals surface area contributed by atoms with Crippen LogP contribution in [0.5, 0.6) is 46.0 Å². The minimum Gasteiger partial charge on any atom is -0.508 e. The summed E-state index contributed by atoms with van der Waals surface area (Å²) in [6, 6.07) is 67.7. The second-order valence-electron chi connectivity index (χ2n) is 20.1. The van der Waals surface area contributed by atoms with Gasteiger partial charge in [0.1, 0.15) is 46.0 Å². The van der Waals surface area contributed by atoms with Gasteiger partial charge in [0.05, 0.1) is 14.7 Å². The molecule has 0 spiro atoms. The van der Waals surface area contributed by atoms with E-state index in [1.54, 1.807) is 97.1 Å². The smallest absolute Gasteiger partial charge is 0.115 e. The third kappa shape index (κ3) is 11.2. The number of hydrogen-bond donors (Lipinski definition) is 8. The highest BCUT2D eigenvalue weighted by Crippen LogP contribution is 2.48. The Morgan fingerprint density at radius 2 is 0.371 bits per heavy atom. The highest BCUT2D eigenvalue weighted by molar-refractivity contribution is 7.83. The molecule has 8 nitrogen and oxygen atoms in total. The van der Waals surface area contributed by atoms with Crippen molar-refractivity contribution in [2.45, 2.75) is 61.4 Å². The van der Waals surface area contributed by atoms with E-state index < -0.39 is 29.4 Å². The molecule has 358 valence electrons. The molecular formula is C58H62O8Si4. The van der Waals surface area contributed by atoms with Crippen molar-refractivity contribution in [2.75, 3.05) is 0 Å². The Bertz CT molecular complexity index is 2740. The van der Waals surface area contributed by atoms with Gasteiger partial charge in [0, 0.05) is 14.7 Å². The third-order valence-corrected chi connectivity index (χ3v) is 77.5. The van der Waals surface area contributed by atoms with Crippen LogP contribution in [0.3, 0.4) is 0 Å². The number of rotatable bonds is 19. The Morgan fingerprint density at radius 1 is 0.214 bits per heavy atom. The van der Waals surface area contributed by atoms with Crippen LogP contribution < -0.4 is 0 Å². The van der Waals surface area contributed by atoms with E-state index in [-0.39, 0.29) is 46.0 Å². The third-order valence-electron chi connectivity index (χ3n) is 15.0. The van der Waals surface area contributed by atoms with Crippen molar-refractivity contribution in [3.05, 3.63) is 239 Å². The SMILES string of the molecule is C[Si](C)(Cc1ccc(O)cc1)[Si](Cc1ccc(O)cc1)(Cc1ccc(O)cc1)[Si](Cc1ccc(O)cc1)(Cc1ccc(O)cc1)[Si](Cc1ccc(O)cc1)(Cc1ccc(O)cc1)Cc1ccc(O)cc1. The molecule has 0 radical (unpaired) electrons. The molecule has 0 bridgehead atoms. The van der Waals surface area contributed by atoms with Crippen molar-refractivity contribution in [1.82, 2.24) is 0 Å². The first-order valence-corrected chi connectivity index (χ1v) is 37.4. The molecule has 70 heavy (non-hydrogen) atoms. The van der Waals surface area contributed by atoms with E-state index in [9.17, 15) is 40.9 Å². The van der Waals surface area contributed by atoms with Gasteiger partial charge in [-0.05, 0) is 145 Å². The maximum absolute atomic E-state index is 10.9. The van der Waals surface area contributed by atoms with Crippen LogP contribution in [0.2, 0.25) is 13.1 Å². The number of phenols is 8. The van der Waals surface area contributed by atoms with Crippen LogP contribution in [0.15, 0.2) is 194 Å². The molecule has 8 N–H and O–H groups in total. The van der Waals surface area contributed by atoms with Gasteiger partial charge in [0.15, 0.2) is 0 Å². The molecule has 12 heteroatoms. The zero-order valence-corrected chi connectivity index (χ0v) is 43.7. The molecule has 8 aromatic carbocycles. The molecule has 8 rings (SSSR count). The van der Waals surface area contributed by atoms with Gasteiger partial charge in [-0.1, -0.05) is 155 Å². The minimum absolute atomic E-state index is 0.175. The zero-order valence-electron chi connectivity index (χ0n) is 39.7. The van der Waals surface area contributed by atoms with E-state index in [4.69, 9.17) is 0 Å². The molecule has 0 aliphatic carbocycles. The highest BCUT2D eigenvalue weighted by atomic mass is 29.8.